The van der Waals surface area contributed by atoms with E-state index >= 15 is 0 Å². The number of pyridine rings is 1. The van der Waals surface area contributed by atoms with Crippen LogP contribution in [0.15, 0.2) is 79.0 Å². The summed E-state index contributed by atoms with van der Waals surface area (Å²) in [5.41, 5.74) is 2.28. The van der Waals surface area contributed by atoms with E-state index in [1.807, 2.05) is 24.4 Å². The Labute approximate surface area is 205 Å². The molecule has 1 aliphatic heterocycles. The average Bonchev–Trinajstić information content (AvgIpc) is 2.90. The van der Waals surface area contributed by atoms with E-state index in [4.69, 9.17) is 5.11 Å². The standard InChI is InChI=1S/C24H23N5.C3H7NO2/c1-2-8-19(9-3-1)18-22-20-10-4-5-11-21(20)24(27-26-22)29-16-14-28(15-17-29)23-12-6-7-13-25-23;1-4(2)3(5)6/h1-13H,14-18H2;1-2H3,(H,5,6). The number of hydrogen-bond donors (Lipinski definition) is 1. The topological polar surface area (TPSA) is 85.7 Å². The van der Waals surface area contributed by atoms with Gasteiger partial charge in [0.25, 0.3) is 0 Å². The third kappa shape index (κ3) is 6.03. The maximum Gasteiger partial charge on any atom is 0.406 e. The summed E-state index contributed by atoms with van der Waals surface area (Å²) < 4.78 is 0. The molecule has 1 saturated heterocycles. The fraction of sp³-hybridized carbons (Fsp3) is 0.259. The third-order valence-corrected chi connectivity index (χ3v) is 5.89. The Kier molecular flexibility index (Phi) is 7.72. The quantitative estimate of drug-likeness (QED) is 0.479. The van der Waals surface area contributed by atoms with Crippen LogP contribution >= 0.6 is 0 Å². The van der Waals surface area contributed by atoms with Crippen LogP contribution in [0.2, 0.25) is 0 Å². The number of fused-ring (bicyclic) bond motifs is 1. The molecule has 1 aliphatic rings. The van der Waals surface area contributed by atoms with Crippen molar-refractivity contribution in [2.24, 2.45) is 0 Å². The summed E-state index contributed by atoms with van der Waals surface area (Å²) in [5, 5.41) is 19.6. The summed E-state index contributed by atoms with van der Waals surface area (Å²) in [5.74, 6) is 2.03. The highest BCUT2D eigenvalue weighted by Crippen LogP contribution is 2.28. The molecule has 2 aromatic carbocycles. The molecule has 180 valence electrons. The maximum absolute atomic E-state index is 9.62. The molecule has 0 bridgehead atoms. The van der Waals surface area contributed by atoms with Crippen molar-refractivity contribution < 1.29 is 9.90 Å². The van der Waals surface area contributed by atoms with Crippen molar-refractivity contribution in [3.63, 3.8) is 0 Å². The number of rotatable bonds is 4. The predicted molar refractivity (Wildman–Crippen MR) is 139 cm³/mol. The van der Waals surface area contributed by atoms with Gasteiger partial charge >= 0.3 is 6.09 Å². The second kappa shape index (κ2) is 11.3. The number of hydrogen-bond acceptors (Lipinski definition) is 6. The third-order valence-electron chi connectivity index (χ3n) is 5.89. The molecule has 0 unspecified atom stereocenters. The van der Waals surface area contributed by atoms with E-state index < -0.39 is 6.09 Å². The van der Waals surface area contributed by atoms with Crippen LogP contribution in [0, 0.1) is 0 Å². The average molecular weight is 471 g/mol. The number of piperazine rings is 1. The molecule has 35 heavy (non-hydrogen) atoms. The molecular weight excluding hydrogens is 440 g/mol. The molecule has 0 aliphatic carbocycles. The molecule has 8 heteroatoms. The summed E-state index contributed by atoms with van der Waals surface area (Å²) in [4.78, 5) is 19.9. The largest absolute Gasteiger partial charge is 0.465 e. The Balaban J connectivity index is 0.000000431. The molecule has 2 aromatic heterocycles. The molecule has 8 nitrogen and oxygen atoms in total. The van der Waals surface area contributed by atoms with Crippen molar-refractivity contribution >= 4 is 28.5 Å². The number of anilines is 2. The van der Waals surface area contributed by atoms with E-state index in [0.717, 1.165) is 54.8 Å². The van der Waals surface area contributed by atoms with Crippen LogP contribution in [-0.2, 0) is 6.42 Å². The van der Waals surface area contributed by atoms with Crippen molar-refractivity contribution in [1.29, 1.82) is 0 Å². The van der Waals surface area contributed by atoms with Gasteiger partial charge in [-0.15, -0.1) is 5.10 Å². The van der Waals surface area contributed by atoms with Crippen LogP contribution in [0.1, 0.15) is 11.3 Å². The molecule has 3 heterocycles. The van der Waals surface area contributed by atoms with Gasteiger partial charge in [0.05, 0.1) is 5.69 Å². The lowest BCUT2D eigenvalue weighted by Crippen LogP contribution is -2.47. The van der Waals surface area contributed by atoms with Crippen LogP contribution in [0.4, 0.5) is 16.4 Å². The van der Waals surface area contributed by atoms with Crippen LogP contribution in [0.25, 0.3) is 10.8 Å². The summed E-state index contributed by atoms with van der Waals surface area (Å²) in [7, 11) is 2.95. The summed E-state index contributed by atoms with van der Waals surface area (Å²) >= 11 is 0. The highest BCUT2D eigenvalue weighted by atomic mass is 16.4. The minimum absolute atomic E-state index is 0.794. The first-order valence-corrected chi connectivity index (χ1v) is 11.6. The Morgan fingerprint density at radius 1 is 0.829 bits per heavy atom. The van der Waals surface area contributed by atoms with Gasteiger partial charge in [0.2, 0.25) is 0 Å². The van der Waals surface area contributed by atoms with E-state index in [2.05, 4.69) is 79.6 Å². The molecule has 1 N–H and O–H groups in total. The Bertz CT molecular complexity index is 1240. The summed E-state index contributed by atoms with van der Waals surface area (Å²) in [6.45, 7) is 3.68. The second-order valence-corrected chi connectivity index (χ2v) is 8.52. The van der Waals surface area contributed by atoms with E-state index in [1.165, 1.54) is 30.4 Å². The number of nitrogens with zero attached hydrogens (tertiary/aromatic N) is 6. The van der Waals surface area contributed by atoms with Gasteiger partial charge in [-0.05, 0) is 17.7 Å². The monoisotopic (exact) mass is 470 g/mol. The van der Waals surface area contributed by atoms with Gasteiger partial charge in [0.1, 0.15) is 5.82 Å². The Hall–Kier alpha value is -4.20. The molecule has 1 fully saturated rings. The lowest BCUT2D eigenvalue weighted by atomic mass is 10.0. The smallest absolute Gasteiger partial charge is 0.406 e. The highest BCUT2D eigenvalue weighted by molar-refractivity contribution is 5.93. The Morgan fingerprint density at radius 3 is 2.06 bits per heavy atom. The molecule has 0 atom stereocenters. The van der Waals surface area contributed by atoms with Crippen molar-refractivity contribution in [3.05, 3.63) is 90.3 Å². The lowest BCUT2D eigenvalue weighted by Gasteiger charge is -2.36. The van der Waals surface area contributed by atoms with Gasteiger partial charge in [0.15, 0.2) is 5.82 Å². The molecule has 5 rings (SSSR count). The van der Waals surface area contributed by atoms with Crippen LogP contribution < -0.4 is 9.80 Å². The molecule has 0 radical (unpaired) electrons. The van der Waals surface area contributed by atoms with Gasteiger partial charge < -0.3 is 19.8 Å². The molecule has 1 amide bonds. The van der Waals surface area contributed by atoms with E-state index in [9.17, 15) is 4.79 Å². The first kappa shape index (κ1) is 23.9. The maximum atomic E-state index is 9.62. The first-order chi connectivity index (χ1) is 17.0. The number of carboxylic acid groups (broad SMARTS) is 1. The van der Waals surface area contributed by atoms with Crippen molar-refractivity contribution in [3.8, 4) is 0 Å². The first-order valence-electron chi connectivity index (χ1n) is 11.6. The van der Waals surface area contributed by atoms with Crippen LogP contribution in [0.5, 0.6) is 0 Å². The van der Waals surface area contributed by atoms with Crippen molar-refractivity contribution in [2.75, 3.05) is 50.1 Å². The predicted octanol–water partition coefficient (Wildman–Crippen LogP) is 4.17. The number of aromatic nitrogens is 3. The minimum atomic E-state index is -0.907. The minimum Gasteiger partial charge on any atom is -0.465 e. The normalized spacial score (nSPS) is 13.2. The zero-order valence-corrected chi connectivity index (χ0v) is 20.1. The zero-order valence-electron chi connectivity index (χ0n) is 20.1. The van der Waals surface area contributed by atoms with Crippen LogP contribution in [0.3, 0.4) is 0 Å². The molecule has 4 aromatic rings. The van der Waals surface area contributed by atoms with Crippen molar-refractivity contribution in [2.45, 2.75) is 6.42 Å². The zero-order chi connectivity index (χ0) is 24.6. The van der Waals surface area contributed by atoms with Gasteiger partial charge in [0, 0.05) is 63.7 Å². The SMILES string of the molecule is CN(C)C(=O)O.c1ccc(Cc2nnc(N3CCN(c4ccccn4)CC3)c3ccccc23)cc1. The molecular formula is C27H30N6O2. The van der Waals surface area contributed by atoms with Crippen LogP contribution in [-0.4, -0.2) is 71.6 Å². The number of carbonyl (C=O) groups is 1. The lowest BCUT2D eigenvalue weighted by molar-refractivity contribution is 0.165. The van der Waals surface area contributed by atoms with Gasteiger partial charge in [-0.2, -0.15) is 5.10 Å². The van der Waals surface area contributed by atoms with Gasteiger partial charge in [-0.1, -0.05) is 60.7 Å². The summed E-state index contributed by atoms with van der Waals surface area (Å²) in [6.07, 6.45) is 1.74. The summed E-state index contributed by atoms with van der Waals surface area (Å²) in [6, 6.07) is 25.0. The van der Waals surface area contributed by atoms with E-state index in [1.54, 1.807) is 0 Å². The molecule has 0 saturated carbocycles. The van der Waals surface area contributed by atoms with E-state index in [-0.39, 0.29) is 0 Å². The number of amides is 1. The second-order valence-electron chi connectivity index (χ2n) is 8.52. The Morgan fingerprint density at radius 2 is 1.43 bits per heavy atom. The van der Waals surface area contributed by atoms with E-state index in [0.29, 0.717) is 0 Å². The highest BCUT2D eigenvalue weighted by Gasteiger charge is 2.21. The molecule has 0 spiro atoms. The fourth-order valence-electron chi connectivity index (χ4n) is 3.99. The van der Waals surface area contributed by atoms with Gasteiger partial charge in [-0.3, -0.25) is 0 Å². The van der Waals surface area contributed by atoms with Gasteiger partial charge in [-0.25, -0.2) is 9.78 Å². The van der Waals surface area contributed by atoms with Crippen molar-refractivity contribution in [1.82, 2.24) is 20.1 Å². The number of benzene rings is 2. The fourth-order valence-corrected chi connectivity index (χ4v) is 3.99.